The lowest BCUT2D eigenvalue weighted by Gasteiger charge is -1.96. The molecule has 1 aromatic heterocycles. The van der Waals surface area contributed by atoms with E-state index in [1.54, 1.807) is 11.8 Å². The van der Waals surface area contributed by atoms with Crippen molar-refractivity contribution < 1.29 is 4.52 Å². The molecule has 0 unspecified atom stereocenters. The molecule has 0 bridgehead atoms. The summed E-state index contributed by atoms with van der Waals surface area (Å²) in [5.74, 6) is 0. The number of hydrogen-bond acceptors (Lipinski definition) is 3. The molecule has 2 rings (SSSR count). The fraction of sp³-hybridized carbons (Fsp3) is 0.182. The molecule has 2 aromatic rings. The van der Waals surface area contributed by atoms with Crippen LogP contribution in [0.4, 0.5) is 0 Å². The molecular weight excluding hydrogens is 230 g/mol. The molecule has 0 saturated carbocycles. The molecule has 2 nitrogen and oxygen atoms in total. The number of nitrogens with zero attached hydrogens (tertiary/aromatic N) is 1. The Bertz CT molecular complexity index is 438. The highest BCUT2D eigenvalue weighted by atomic mass is 35.5. The fourth-order valence-electron chi connectivity index (χ4n) is 1.28. The summed E-state index contributed by atoms with van der Waals surface area (Å²) in [7, 11) is 0. The number of halogens is 1. The van der Waals surface area contributed by atoms with Crippen LogP contribution in [-0.2, 0) is 6.42 Å². The second kappa shape index (κ2) is 4.73. The van der Waals surface area contributed by atoms with Crippen LogP contribution in [0.3, 0.4) is 0 Å². The highest BCUT2D eigenvalue weighted by Crippen LogP contribution is 2.18. The fourth-order valence-corrected chi connectivity index (χ4v) is 1.77. The average Bonchev–Trinajstić information content (AvgIpc) is 2.69. The standard InChI is InChI=1S/C11H10ClNOS/c1-15-11-7-10(13-14-11)6-8-2-4-9(12)5-3-8/h2-5,7H,6H2,1H3. The van der Waals surface area contributed by atoms with Crippen LogP contribution in [0.1, 0.15) is 11.3 Å². The highest BCUT2D eigenvalue weighted by Gasteiger charge is 2.03. The Balaban J connectivity index is 2.11. The van der Waals surface area contributed by atoms with E-state index in [1.807, 2.05) is 36.6 Å². The van der Waals surface area contributed by atoms with E-state index < -0.39 is 0 Å². The van der Waals surface area contributed by atoms with E-state index in [2.05, 4.69) is 5.16 Å². The Morgan fingerprint density at radius 2 is 2.07 bits per heavy atom. The van der Waals surface area contributed by atoms with Crippen LogP contribution < -0.4 is 0 Å². The molecule has 0 aliphatic rings. The van der Waals surface area contributed by atoms with Crippen LogP contribution in [0.15, 0.2) is 39.9 Å². The summed E-state index contributed by atoms with van der Waals surface area (Å²) < 4.78 is 5.10. The first kappa shape index (κ1) is 10.6. The lowest BCUT2D eigenvalue weighted by molar-refractivity contribution is 0.346. The molecule has 0 aliphatic carbocycles. The normalized spacial score (nSPS) is 10.5. The third-order valence-electron chi connectivity index (χ3n) is 2.04. The second-order valence-electron chi connectivity index (χ2n) is 3.14. The Kier molecular flexibility index (Phi) is 3.34. The minimum Gasteiger partial charge on any atom is -0.350 e. The molecule has 15 heavy (non-hydrogen) atoms. The van der Waals surface area contributed by atoms with Gasteiger partial charge in [-0.15, -0.1) is 0 Å². The molecule has 4 heteroatoms. The Labute approximate surface area is 97.6 Å². The first-order valence-corrected chi connectivity index (χ1v) is 6.12. The largest absolute Gasteiger partial charge is 0.350 e. The van der Waals surface area contributed by atoms with Gasteiger partial charge in [0.2, 0.25) is 0 Å². The summed E-state index contributed by atoms with van der Waals surface area (Å²) in [6.45, 7) is 0. The molecule has 0 amide bonds. The molecule has 78 valence electrons. The minimum absolute atomic E-state index is 0.753. The van der Waals surface area contributed by atoms with Gasteiger partial charge in [-0.1, -0.05) is 40.7 Å². The zero-order valence-electron chi connectivity index (χ0n) is 8.24. The van der Waals surface area contributed by atoms with Gasteiger partial charge in [-0.05, 0) is 24.0 Å². The van der Waals surface area contributed by atoms with Crippen LogP contribution >= 0.6 is 23.4 Å². The SMILES string of the molecule is CSc1cc(Cc2ccc(Cl)cc2)no1. The van der Waals surface area contributed by atoms with Crippen LogP contribution in [-0.4, -0.2) is 11.4 Å². The molecule has 0 saturated heterocycles. The van der Waals surface area contributed by atoms with Gasteiger partial charge >= 0.3 is 0 Å². The van der Waals surface area contributed by atoms with Crippen molar-refractivity contribution in [2.24, 2.45) is 0 Å². The Morgan fingerprint density at radius 3 is 2.67 bits per heavy atom. The van der Waals surface area contributed by atoms with Crippen LogP contribution in [0.25, 0.3) is 0 Å². The smallest absolute Gasteiger partial charge is 0.193 e. The first-order valence-electron chi connectivity index (χ1n) is 4.52. The maximum Gasteiger partial charge on any atom is 0.193 e. The third-order valence-corrected chi connectivity index (χ3v) is 2.88. The van der Waals surface area contributed by atoms with Crippen molar-refractivity contribution in [2.75, 3.05) is 6.26 Å². The van der Waals surface area contributed by atoms with Gasteiger partial charge in [0.15, 0.2) is 5.09 Å². The molecule has 0 atom stereocenters. The molecule has 0 radical (unpaired) electrons. The van der Waals surface area contributed by atoms with Gasteiger partial charge in [0.05, 0.1) is 5.69 Å². The van der Waals surface area contributed by atoms with Gasteiger partial charge in [0.1, 0.15) is 0 Å². The van der Waals surface area contributed by atoms with E-state index in [1.165, 1.54) is 5.56 Å². The van der Waals surface area contributed by atoms with Crippen LogP contribution in [0.2, 0.25) is 5.02 Å². The second-order valence-corrected chi connectivity index (χ2v) is 4.39. The van der Waals surface area contributed by atoms with Crippen molar-refractivity contribution >= 4 is 23.4 Å². The van der Waals surface area contributed by atoms with Crippen molar-refractivity contribution in [3.8, 4) is 0 Å². The molecule has 1 aromatic carbocycles. The molecule has 0 fully saturated rings. The van der Waals surface area contributed by atoms with Crippen molar-refractivity contribution in [1.29, 1.82) is 0 Å². The number of aromatic nitrogens is 1. The monoisotopic (exact) mass is 239 g/mol. The van der Waals surface area contributed by atoms with Crippen LogP contribution in [0, 0.1) is 0 Å². The topological polar surface area (TPSA) is 26.0 Å². The third kappa shape index (κ3) is 2.76. The Morgan fingerprint density at radius 1 is 1.33 bits per heavy atom. The zero-order chi connectivity index (χ0) is 10.7. The van der Waals surface area contributed by atoms with Crippen LogP contribution in [0.5, 0.6) is 0 Å². The van der Waals surface area contributed by atoms with Gasteiger partial charge in [0.25, 0.3) is 0 Å². The van der Waals surface area contributed by atoms with E-state index in [0.29, 0.717) is 0 Å². The lowest BCUT2D eigenvalue weighted by Crippen LogP contribution is -1.86. The molecular formula is C11H10ClNOS. The summed E-state index contributed by atoms with van der Waals surface area (Å²) in [6.07, 6.45) is 2.74. The van der Waals surface area contributed by atoms with Crippen molar-refractivity contribution in [1.82, 2.24) is 5.16 Å². The van der Waals surface area contributed by atoms with E-state index in [-0.39, 0.29) is 0 Å². The van der Waals surface area contributed by atoms with E-state index in [9.17, 15) is 0 Å². The quantitative estimate of drug-likeness (QED) is 0.765. The van der Waals surface area contributed by atoms with Gasteiger partial charge < -0.3 is 4.52 Å². The van der Waals surface area contributed by atoms with E-state index in [4.69, 9.17) is 16.1 Å². The maximum atomic E-state index is 5.80. The maximum absolute atomic E-state index is 5.80. The Hall–Kier alpha value is -0.930. The number of benzene rings is 1. The number of hydrogen-bond donors (Lipinski definition) is 0. The number of rotatable bonds is 3. The molecule has 1 heterocycles. The van der Waals surface area contributed by atoms with Gasteiger partial charge in [-0.2, -0.15) is 0 Å². The summed E-state index contributed by atoms with van der Waals surface area (Å²) in [5, 5.41) is 5.58. The summed E-state index contributed by atoms with van der Waals surface area (Å²) >= 11 is 7.36. The van der Waals surface area contributed by atoms with Gasteiger partial charge in [-0.25, -0.2) is 0 Å². The lowest BCUT2D eigenvalue weighted by atomic mass is 10.1. The predicted octanol–water partition coefficient (Wildman–Crippen LogP) is 3.64. The zero-order valence-corrected chi connectivity index (χ0v) is 9.81. The van der Waals surface area contributed by atoms with Crippen molar-refractivity contribution in [3.63, 3.8) is 0 Å². The first-order chi connectivity index (χ1) is 7.28. The van der Waals surface area contributed by atoms with E-state index >= 15 is 0 Å². The van der Waals surface area contributed by atoms with E-state index in [0.717, 1.165) is 22.2 Å². The summed E-state index contributed by atoms with van der Waals surface area (Å²) in [4.78, 5) is 0. The number of thioether (sulfide) groups is 1. The van der Waals surface area contributed by atoms with Crippen molar-refractivity contribution in [3.05, 3.63) is 46.6 Å². The highest BCUT2D eigenvalue weighted by molar-refractivity contribution is 7.98. The summed E-state index contributed by atoms with van der Waals surface area (Å²) in [6, 6.07) is 9.71. The molecule has 0 spiro atoms. The minimum atomic E-state index is 0.753. The molecule has 0 aliphatic heterocycles. The van der Waals surface area contributed by atoms with Crippen molar-refractivity contribution in [2.45, 2.75) is 11.5 Å². The average molecular weight is 240 g/mol. The van der Waals surface area contributed by atoms with Gasteiger partial charge in [0, 0.05) is 17.5 Å². The van der Waals surface area contributed by atoms with Gasteiger partial charge in [-0.3, -0.25) is 0 Å². The molecule has 0 N–H and O–H groups in total. The predicted molar refractivity (Wildman–Crippen MR) is 62.5 cm³/mol. The summed E-state index contributed by atoms with van der Waals surface area (Å²) in [5.41, 5.74) is 2.13.